The molecule has 0 saturated carbocycles. The highest BCUT2D eigenvalue weighted by Gasteiger charge is 2.22. The van der Waals surface area contributed by atoms with E-state index in [0.717, 1.165) is 38.2 Å². The van der Waals surface area contributed by atoms with Crippen molar-refractivity contribution in [1.82, 2.24) is 30.0 Å². The van der Waals surface area contributed by atoms with Gasteiger partial charge in [0.2, 0.25) is 0 Å². The number of phenolic OH excluding ortho intramolecular Hbond substituents is 4. The standard InChI is InChI=1S/C22H19N3O5S.C20H17N3O2S/c1-2-12-8-17(19(27)10-18(12)26)25-21(22(31)23-24-25)15-5-3-4-13-6-7-14(9-16(13)15)30-11-20(28)29;1-2-12-10-16(18(25)11-17(12)24)23-19(20(26)21-22-23)15-9-5-7-13-6-3-4-8-14(13)15/h3-10,26-27,31H,2,11H2,1H3,(H,28,29);3-11,24-26H,2H2,1H3. The van der Waals surface area contributed by atoms with E-state index in [9.17, 15) is 25.2 Å². The molecule has 13 nitrogen and oxygen atoms in total. The van der Waals surface area contributed by atoms with Crippen molar-refractivity contribution >= 4 is 52.8 Å². The number of nitrogens with zero attached hydrogens (tertiary/aromatic N) is 6. The van der Waals surface area contributed by atoms with Gasteiger partial charge in [-0.05, 0) is 69.8 Å². The Morgan fingerprint density at radius 1 is 0.614 bits per heavy atom. The molecule has 0 spiro atoms. The molecule has 5 N–H and O–H groups in total. The third kappa shape index (κ3) is 7.62. The fourth-order valence-corrected chi connectivity index (χ4v) is 7.11. The van der Waals surface area contributed by atoms with Gasteiger partial charge in [-0.2, -0.15) is 0 Å². The Morgan fingerprint density at radius 3 is 1.63 bits per heavy atom. The van der Waals surface area contributed by atoms with Gasteiger partial charge in [0.1, 0.15) is 61.6 Å². The van der Waals surface area contributed by atoms with Gasteiger partial charge in [-0.3, -0.25) is 0 Å². The van der Waals surface area contributed by atoms with Crippen LogP contribution in [-0.4, -0.2) is 68.1 Å². The van der Waals surface area contributed by atoms with Gasteiger partial charge >= 0.3 is 5.97 Å². The highest BCUT2D eigenvalue weighted by Crippen LogP contribution is 2.39. The molecule has 57 heavy (non-hydrogen) atoms. The third-order valence-corrected chi connectivity index (χ3v) is 9.99. The summed E-state index contributed by atoms with van der Waals surface area (Å²) in [5.74, 6) is -0.821. The minimum atomic E-state index is -1.07. The van der Waals surface area contributed by atoms with Crippen molar-refractivity contribution in [2.24, 2.45) is 0 Å². The van der Waals surface area contributed by atoms with Crippen LogP contribution in [0, 0.1) is 0 Å². The molecule has 15 heteroatoms. The minimum Gasteiger partial charge on any atom is -0.508 e. The van der Waals surface area contributed by atoms with Crippen molar-refractivity contribution in [2.45, 2.75) is 36.7 Å². The molecule has 0 saturated heterocycles. The Balaban J connectivity index is 0.000000177. The molecular formula is C42H36N6O7S2. The Morgan fingerprint density at radius 2 is 1.11 bits per heavy atom. The molecule has 2 heterocycles. The largest absolute Gasteiger partial charge is 0.508 e. The zero-order valence-electron chi connectivity index (χ0n) is 30.6. The first kappa shape index (κ1) is 38.6. The number of aliphatic carboxylic acids is 1. The molecule has 0 fully saturated rings. The van der Waals surface area contributed by atoms with E-state index < -0.39 is 12.6 Å². The second kappa shape index (κ2) is 16.2. The Bertz CT molecular complexity index is 2800. The average molecular weight is 801 g/mol. The van der Waals surface area contributed by atoms with E-state index in [1.54, 1.807) is 28.9 Å². The summed E-state index contributed by atoms with van der Waals surface area (Å²) in [5, 5.41) is 70.9. The summed E-state index contributed by atoms with van der Waals surface area (Å²) in [6, 6.07) is 30.9. The fraction of sp³-hybridized carbons (Fsp3) is 0.119. The van der Waals surface area contributed by atoms with E-state index in [-0.39, 0.29) is 23.0 Å². The normalized spacial score (nSPS) is 11.1. The predicted molar refractivity (Wildman–Crippen MR) is 222 cm³/mol. The first-order valence-electron chi connectivity index (χ1n) is 17.7. The van der Waals surface area contributed by atoms with Crippen molar-refractivity contribution in [1.29, 1.82) is 0 Å². The fourth-order valence-electron chi connectivity index (χ4n) is 6.60. The van der Waals surface area contributed by atoms with Crippen LogP contribution in [0.15, 0.2) is 113 Å². The van der Waals surface area contributed by atoms with Crippen LogP contribution in [-0.2, 0) is 17.6 Å². The molecule has 0 radical (unpaired) electrons. The molecule has 0 aliphatic rings. The van der Waals surface area contributed by atoms with Crippen molar-refractivity contribution in [3.63, 3.8) is 0 Å². The predicted octanol–water partition coefficient (Wildman–Crippen LogP) is 8.16. The van der Waals surface area contributed by atoms with Gasteiger partial charge in [-0.1, -0.05) is 91.0 Å². The number of aromatic nitrogens is 6. The van der Waals surface area contributed by atoms with Crippen molar-refractivity contribution in [2.75, 3.05) is 6.61 Å². The summed E-state index contributed by atoms with van der Waals surface area (Å²) >= 11 is 8.95. The number of thiol groups is 2. The third-order valence-electron chi connectivity index (χ3n) is 9.39. The zero-order chi connectivity index (χ0) is 40.4. The number of phenols is 4. The number of carbonyl (C=O) groups is 1. The zero-order valence-corrected chi connectivity index (χ0v) is 32.4. The molecule has 6 aromatic carbocycles. The van der Waals surface area contributed by atoms with E-state index in [4.69, 9.17) is 9.84 Å². The number of benzene rings is 6. The Labute approximate surface area is 336 Å². The lowest BCUT2D eigenvalue weighted by molar-refractivity contribution is -0.139. The SMILES string of the molecule is CCc1cc(-n2nnc(S)c2-c2cccc3ccc(OCC(=O)O)cc23)c(O)cc1O.CCc1cc(-n2nnc(S)c2-c2cccc3ccccc23)c(O)cc1O. The maximum Gasteiger partial charge on any atom is 0.341 e. The summed E-state index contributed by atoms with van der Waals surface area (Å²) in [6.07, 6.45) is 1.20. The van der Waals surface area contributed by atoms with Crippen LogP contribution in [0.25, 0.3) is 55.4 Å². The highest BCUT2D eigenvalue weighted by molar-refractivity contribution is 7.80. The van der Waals surface area contributed by atoms with Gasteiger partial charge in [-0.15, -0.1) is 35.5 Å². The summed E-state index contributed by atoms with van der Waals surface area (Å²) in [5.41, 5.74) is 5.04. The van der Waals surface area contributed by atoms with Crippen LogP contribution < -0.4 is 4.74 Å². The van der Waals surface area contributed by atoms with Crippen LogP contribution in [0.4, 0.5) is 0 Å². The van der Waals surface area contributed by atoms with Gasteiger partial charge in [-0.25, -0.2) is 14.2 Å². The van der Waals surface area contributed by atoms with Crippen LogP contribution in [0.1, 0.15) is 25.0 Å². The Hall–Kier alpha value is -6.71. The summed E-state index contributed by atoms with van der Waals surface area (Å²) in [4.78, 5) is 10.8. The van der Waals surface area contributed by atoms with E-state index in [2.05, 4.69) is 45.9 Å². The molecule has 0 bridgehead atoms. The highest BCUT2D eigenvalue weighted by atomic mass is 32.1. The van der Waals surface area contributed by atoms with Crippen molar-refractivity contribution < 1.29 is 35.1 Å². The number of fused-ring (bicyclic) bond motifs is 2. The number of aromatic hydroxyl groups is 4. The van der Waals surface area contributed by atoms with E-state index in [1.807, 2.05) is 80.6 Å². The number of carboxylic acid groups (broad SMARTS) is 1. The molecule has 2 aromatic heterocycles. The number of carboxylic acids is 1. The molecule has 8 rings (SSSR count). The minimum absolute atomic E-state index is 0.00175. The van der Waals surface area contributed by atoms with Crippen LogP contribution in [0.2, 0.25) is 0 Å². The van der Waals surface area contributed by atoms with Gasteiger partial charge < -0.3 is 30.3 Å². The first-order valence-corrected chi connectivity index (χ1v) is 18.6. The average Bonchev–Trinajstić information content (AvgIpc) is 3.78. The second-order valence-corrected chi connectivity index (χ2v) is 13.7. The van der Waals surface area contributed by atoms with Gasteiger partial charge in [0.05, 0.1) is 0 Å². The monoisotopic (exact) mass is 800 g/mol. The second-order valence-electron chi connectivity index (χ2n) is 12.9. The molecule has 0 aliphatic carbocycles. The molecule has 0 amide bonds. The summed E-state index contributed by atoms with van der Waals surface area (Å²) in [7, 11) is 0. The van der Waals surface area contributed by atoms with Crippen LogP contribution >= 0.6 is 25.3 Å². The van der Waals surface area contributed by atoms with Gasteiger partial charge in [0.25, 0.3) is 0 Å². The van der Waals surface area contributed by atoms with E-state index in [1.165, 1.54) is 16.8 Å². The molecular weight excluding hydrogens is 765 g/mol. The lowest BCUT2D eigenvalue weighted by Crippen LogP contribution is -2.09. The Kier molecular flexibility index (Phi) is 10.9. The molecule has 8 aromatic rings. The molecule has 0 atom stereocenters. The number of hydrogen-bond acceptors (Lipinski definition) is 12. The van der Waals surface area contributed by atoms with Gasteiger partial charge in [0.15, 0.2) is 6.61 Å². The molecule has 0 unspecified atom stereocenters. The van der Waals surface area contributed by atoms with E-state index >= 15 is 0 Å². The summed E-state index contributed by atoms with van der Waals surface area (Å²) < 4.78 is 8.37. The molecule has 288 valence electrons. The molecule has 0 aliphatic heterocycles. The number of ether oxygens (including phenoxy) is 1. The van der Waals surface area contributed by atoms with Gasteiger partial charge in [0, 0.05) is 23.3 Å². The number of rotatable bonds is 9. The first-order chi connectivity index (χ1) is 27.5. The van der Waals surface area contributed by atoms with Crippen molar-refractivity contribution in [3.8, 4) is 62.6 Å². The van der Waals surface area contributed by atoms with Crippen LogP contribution in [0.5, 0.6) is 28.7 Å². The number of hydrogen-bond donors (Lipinski definition) is 7. The van der Waals surface area contributed by atoms with Crippen molar-refractivity contribution in [3.05, 3.63) is 114 Å². The van der Waals surface area contributed by atoms with Crippen LogP contribution in [0.3, 0.4) is 0 Å². The maximum atomic E-state index is 10.8. The smallest absolute Gasteiger partial charge is 0.341 e. The van der Waals surface area contributed by atoms with E-state index in [0.29, 0.717) is 57.0 Å². The summed E-state index contributed by atoms with van der Waals surface area (Å²) in [6.45, 7) is 3.38. The quantitative estimate of drug-likeness (QED) is 0.0698. The number of aryl methyl sites for hydroxylation is 2. The lowest BCUT2D eigenvalue weighted by atomic mass is 10.0. The lowest BCUT2D eigenvalue weighted by Gasteiger charge is -2.14. The topological polar surface area (TPSA) is 189 Å². The maximum absolute atomic E-state index is 10.8.